The quantitative estimate of drug-likeness (QED) is 0.594. The molecule has 0 aliphatic carbocycles. The van der Waals surface area contributed by atoms with Gasteiger partial charge < -0.3 is 14.2 Å². The van der Waals surface area contributed by atoms with E-state index in [2.05, 4.69) is 4.74 Å². The zero-order valence-electron chi connectivity index (χ0n) is 10.9. The van der Waals surface area contributed by atoms with Gasteiger partial charge in [-0.25, -0.2) is 4.79 Å². The molecule has 0 aromatic heterocycles. The van der Waals surface area contributed by atoms with E-state index >= 15 is 0 Å². The molecule has 0 spiro atoms. The van der Waals surface area contributed by atoms with Gasteiger partial charge in [-0.1, -0.05) is 11.6 Å². The normalized spacial score (nSPS) is 11.6. The van der Waals surface area contributed by atoms with Crippen molar-refractivity contribution in [1.82, 2.24) is 0 Å². The Morgan fingerprint density at radius 1 is 1.47 bits per heavy atom. The van der Waals surface area contributed by atoms with Crippen molar-refractivity contribution in [3.63, 3.8) is 0 Å². The number of benzene rings is 1. The fourth-order valence-corrected chi connectivity index (χ4v) is 1.69. The molecule has 1 rings (SSSR count). The Balaban J connectivity index is 3.10. The second kappa shape index (κ2) is 6.99. The lowest BCUT2D eigenvalue weighted by atomic mass is 10.2. The van der Waals surface area contributed by atoms with Crippen LogP contribution in [0.1, 0.15) is 24.2 Å². The lowest BCUT2D eigenvalue weighted by Crippen LogP contribution is -2.25. The Morgan fingerprint density at radius 3 is 2.68 bits per heavy atom. The number of carbonyl (C=O) groups excluding carboxylic acids is 2. The highest BCUT2D eigenvalue weighted by Crippen LogP contribution is 2.37. The van der Waals surface area contributed by atoms with Gasteiger partial charge in [-0.15, -0.1) is 0 Å². The molecule has 0 aliphatic heterocycles. The third kappa shape index (κ3) is 3.86. The molecule has 0 aliphatic rings. The van der Waals surface area contributed by atoms with Crippen LogP contribution in [-0.2, 0) is 9.53 Å². The lowest BCUT2D eigenvalue weighted by molar-refractivity contribution is -0.147. The van der Waals surface area contributed by atoms with Gasteiger partial charge in [-0.05, 0) is 26.0 Å². The van der Waals surface area contributed by atoms with Gasteiger partial charge in [0.25, 0.3) is 0 Å². The summed E-state index contributed by atoms with van der Waals surface area (Å²) in [4.78, 5) is 22.1. The number of carbonyl (C=O) groups is 2. The van der Waals surface area contributed by atoms with Crippen LogP contribution in [0.3, 0.4) is 0 Å². The molecule has 5 nitrogen and oxygen atoms in total. The van der Waals surface area contributed by atoms with E-state index in [1.54, 1.807) is 6.92 Å². The smallest absolute Gasteiger partial charge is 0.346 e. The predicted octanol–water partition coefficient (Wildman–Crippen LogP) is 2.49. The zero-order valence-corrected chi connectivity index (χ0v) is 11.7. The third-order valence-electron chi connectivity index (χ3n) is 2.30. The minimum atomic E-state index is -0.830. The van der Waals surface area contributed by atoms with E-state index in [0.29, 0.717) is 24.2 Å². The maximum atomic E-state index is 11.3. The van der Waals surface area contributed by atoms with Crippen LogP contribution in [-0.4, -0.2) is 32.1 Å². The van der Waals surface area contributed by atoms with E-state index in [0.717, 1.165) is 0 Å². The van der Waals surface area contributed by atoms with Crippen LogP contribution in [0.25, 0.3) is 0 Å². The molecule has 0 fully saturated rings. The molecule has 0 N–H and O–H groups in total. The van der Waals surface area contributed by atoms with Crippen LogP contribution in [0.2, 0.25) is 5.02 Å². The molecule has 6 heteroatoms. The minimum absolute atomic E-state index is 0.198. The van der Waals surface area contributed by atoms with E-state index in [-0.39, 0.29) is 10.8 Å². The van der Waals surface area contributed by atoms with Crippen LogP contribution >= 0.6 is 11.6 Å². The SMILES string of the molecule is CCOc1cc(C=O)cc(Cl)c1OC(C)C(=O)OC. The topological polar surface area (TPSA) is 61.8 Å². The van der Waals surface area contributed by atoms with Gasteiger partial charge in [0, 0.05) is 5.56 Å². The van der Waals surface area contributed by atoms with Crippen LogP contribution in [0.5, 0.6) is 11.5 Å². The Bertz CT molecular complexity index is 472. The monoisotopic (exact) mass is 286 g/mol. The molecule has 1 aromatic carbocycles. The van der Waals surface area contributed by atoms with Crippen molar-refractivity contribution in [3.8, 4) is 11.5 Å². The molecule has 1 atom stereocenters. The number of hydrogen-bond acceptors (Lipinski definition) is 5. The molecular weight excluding hydrogens is 272 g/mol. The van der Waals surface area contributed by atoms with Crippen molar-refractivity contribution < 1.29 is 23.8 Å². The molecular formula is C13H15ClO5. The Kier molecular flexibility index (Phi) is 5.63. The van der Waals surface area contributed by atoms with Gasteiger partial charge in [-0.2, -0.15) is 0 Å². The maximum absolute atomic E-state index is 11.3. The van der Waals surface area contributed by atoms with Crippen LogP contribution in [0.15, 0.2) is 12.1 Å². The summed E-state index contributed by atoms with van der Waals surface area (Å²) < 4.78 is 15.4. The summed E-state index contributed by atoms with van der Waals surface area (Å²) in [5.74, 6) is -0.00199. The largest absolute Gasteiger partial charge is 0.490 e. The Morgan fingerprint density at radius 2 is 2.16 bits per heavy atom. The highest BCUT2D eigenvalue weighted by Gasteiger charge is 2.20. The molecule has 0 radical (unpaired) electrons. The molecule has 104 valence electrons. The van der Waals surface area contributed by atoms with Crippen molar-refractivity contribution in [3.05, 3.63) is 22.7 Å². The summed E-state index contributed by atoms with van der Waals surface area (Å²) in [6, 6.07) is 2.94. The zero-order chi connectivity index (χ0) is 14.4. The summed E-state index contributed by atoms with van der Waals surface area (Å²) in [7, 11) is 1.27. The molecule has 0 heterocycles. The second-order valence-electron chi connectivity index (χ2n) is 3.66. The molecule has 0 saturated carbocycles. The minimum Gasteiger partial charge on any atom is -0.490 e. The van der Waals surface area contributed by atoms with Crippen LogP contribution in [0, 0.1) is 0 Å². The van der Waals surface area contributed by atoms with Gasteiger partial charge >= 0.3 is 5.97 Å². The standard InChI is InChI=1S/C13H15ClO5/c1-4-18-11-6-9(7-15)5-10(14)12(11)19-8(2)13(16)17-3/h5-8H,4H2,1-3H3. The Hall–Kier alpha value is -1.75. The van der Waals surface area contributed by atoms with Crippen LogP contribution < -0.4 is 9.47 Å². The first-order valence-electron chi connectivity index (χ1n) is 5.69. The van der Waals surface area contributed by atoms with Crippen LogP contribution in [0.4, 0.5) is 0 Å². The van der Waals surface area contributed by atoms with Gasteiger partial charge in [0.05, 0.1) is 18.7 Å². The summed E-state index contributed by atoms with van der Waals surface area (Å²) in [6.45, 7) is 3.70. The number of methoxy groups -OCH3 is 1. The third-order valence-corrected chi connectivity index (χ3v) is 2.58. The second-order valence-corrected chi connectivity index (χ2v) is 4.07. The van der Waals surface area contributed by atoms with E-state index in [4.69, 9.17) is 21.1 Å². The molecule has 0 bridgehead atoms. The van der Waals surface area contributed by atoms with Crippen molar-refractivity contribution in [2.24, 2.45) is 0 Å². The first-order valence-corrected chi connectivity index (χ1v) is 6.07. The van der Waals surface area contributed by atoms with Gasteiger partial charge in [-0.3, -0.25) is 4.79 Å². The van der Waals surface area contributed by atoms with Gasteiger partial charge in [0.2, 0.25) is 0 Å². The number of hydrogen-bond donors (Lipinski definition) is 0. The highest BCUT2D eigenvalue weighted by molar-refractivity contribution is 6.32. The maximum Gasteiger partial charge on any atom is 0.346 e. The summed E-state index contributed by atoms with van der Waals surface area (Å²) >= 11 is 6.03. The first kappa shape index (κ1) is 15.3. The average molecular weight is 287 g/mol. The number of esters is 1. The van der Waals surface area contributed by atoms with E-state index < -0.39 is 12.1 Å². The molecule has 0 saturated heterocycles. The van der Waals surface area contributed by atoms with E-state index in [9.17, 15) is 9.59 Å². The van der Waals surface area contributed by atoms with Crippen molar-refractivity contribution in [1.29, 1.82) is 0 Å². The molecule has 1 unspecified atom stereocenters. The number of aldehydes is 1. The lowest BCUT2D eigenvalue weighted by Gasteiger charge is -2.17. The van der Waals surface area contributed by atoms with Gasteiger partial charge in [0.15, 0.2) is 17.6 Å². The summed E-state index contributed by atoms with van der Waals surface area (Å²) in [6.07, 6.45) is -0.175. The Labute approximate surface area is 116 Å². The summed E-state index contributed by atoms with van der Waals surface area (Å²) in [5, 5.41) is 0.198. The molecule has 19 heavy (non-hydrogen) atoms. The predicted molar refractivity (Wildman–Crippen MR) is 70.1 cm³/mol. The summed E-state index contributed by atoms with van der Waals surface area (Å²) in [5.41, 5.74) is 0.367. The number of halogens is 1. The fourth-order valence-electron chi connectivity index (χ4n) is 1.42. The fraction of sp³-hybridized carbons (Fsp3) is 0.385. The number of ether oxygens (including phenoxy) is 3. The molecule has 1 aromatic rings. The molecule has 0 amide bonds. The van der Waals surface area contributed by atoms with Gasteiger partial charge in [0.1, 0.15) is 6.29 Å². The van der Waals surface area contributed by atoms with E-state index in [1.807, 2.05) is 0 Å². The van der Waals surface area contributed by atoms with Crippen molar-refractivity contribution >= 4 is 23.9 Å². The highest BCUT2D eigenvalue weighted by atomic mass is 35.5. The average Bonchev–Trinajstić information content (AvgIpc) is 2.41. The van der Waals surface area contributed by atoms with E-state index in [1.165, 1.54) is 26.2 Å². The number of rotatable bonds is 6. The first-order chi connectivity index (χ1) is 9.03. The van der Waals surface area contributed by atoms with Crippen molar-refractivity contribution in [2.75, 3.05) is 13.7 Å². The van der Waals surface area contributed by atoms with Crippen molar-refractivity contribution in [2.45, 2.75) is 20.0 Å².